The van der Waals surface area contributed by atoms with Crippen LogP contribution in [-0.2, 0) is 9.53 Å². The van der Waals surface area contributed by atoms with Crippen molar-refractivity contribution >= 4 is 23.5 Å². The van der Waals surface area contributed by atoms with E-state index in [4.69, 9.17) is 16.3 Å². The van der Waals surface area contributed by atoms with Crippen molar-refractivity contribution in [1.29, 1.82) is 0 Å². The summed E-state index contributed by atoms with van der Waals surface area (Å²) < 4.78 is 5.17. The third-order valence-corrected chi connectivity index (χ3v) is 4.07. The van der Waals surface area contributed by atoms with Gasteiger partial charge in [-0.05, 0) is 18.6 Å². The number of nitrogens with zero attached hydrogens (tertiary/aromatic N) is 1. The van der Waals surface area contributed by atoms with Crippen molar-refractivity contribution in [2.24, 2.45) is 0 Å². The van der Waals surface area contributed by atoms with Crippen LogP contribution in [0.2, 0.25) is 5.02 Å². The number of methoxy groups -OCH3 is 1. The van der Waals surface area contributed by atoms with Crippen LogP contribution in [0.4, 0.5) is 0 Å². The fourth-order valence-electron chi connectivity index (χ4n) is 2.39. The Kier molecular flexibility index (Phi) is 4.30. The van der Waals surface area contributed by atoms with Crippen LogP contribution in [0.5, 0.6) is 0 Å². The SMILES string of the molecule is COC1CC(C(=O)O)N(C(=O)c2cccc(C)c2Cl)C1. The van der Waals surface area contributed by atoms with E-state index in [1.165, 1.54) is 12.0 Å². The average molecular weight is 298 g/mol. The summed E-state index contributed by atoms with van der Waals surface area (Å²) in [5.74, 6) is -1.40. The van der Waals surface area contributed by atoms with Crippen molar-refractivity contribution in [2.75, 3.05) is 13.7 Å². The number of hydrogen-bond donors (Lipinski definition) is 1. The molecule has 1 saturated heterocycles. The molecule has 0 bridgehead atoms. The molecule has 1 aliphatic rings. The smallest absolute Gasteiger partial charge is 0.326 e. The van der Waals surface area contributed by atoms with E-state index in [-0.39, 0.29) is 18.6 Å². The Hall–Kier alpha value is -1.59. The first-order valence-corrected chi connectivity index (χ1v) is 6.65. The zero-order valence-corrected chi connectivity index (χ0v) is 12.1. The van der Waals surface area contributed by atoms with Crippen molar-refractivity contribution in [3.63, 3.8) is 0 Å². The second kappa shape index (κ2) is 5.81. The van der Waals surface area contributed by atoms with E-state index in [9.17, 15) is 14.7 Å². The number of amides is 1. The van der Waals surface area contributed by atoms with Gasteiger partial charge >= 0.3 is 5.97 Å². The number of hydrogen-bond acceptors (Lipinski definition) is 3. The zero-order chi connectivity index (χ0) is 14.9. The molecule has 2 atom stereocenters. The lowest BCUT2D eigenvalue weighted by atomic mass is 10.1. The van der Waals surface area contributed by atoms with Gasteiger partial charge in [0.15, 0.2) is 0 Å². The van der Waals surface area contributed by atoms with Crippen LogP contribution in [0.15, 0.2) is 18.2 Å². The van der Waals surface area contributed by atoms with Gasteiger partial charge in [0.2, 0.25) is 0 Å². The molecular weight excluding hydrogens is 282 g/mol. The van der Waals surface area contributed by atoms with Crippen LogP contribution in [0.3, 0.4) is 0 Å². The first-order chi connectivity index (χ1) is 9.45. The second-order valence-corrected chi connectivity index (χ2v) is 5.22. The molecule has 2 rings (SSSR count). The number of benzene rings is 1. The minimum atomic E-state index is -1.03. The number of carbonyl (C=O) groups is 2. The molecule has 6 heteroatoms. The van der Waals surface area contributed by atoms with Crippen molar-refractivity contribution in [3.05, 3.63) is 34.3 Å². The van der Waals surface area contributed by atoms with Gasteiger partial charge in [-0.3, -0.25) is 4.79 Å². The number of carbonyl (C=O) groups excluding carboxylic acids is 1. The Balaban J connectivity index is 2.31. The topological polar surface area (TPSA) is 66.8 Å². The van der Waals surface area contributed by atoms with Crippen molar-refractivity contribution < 1.29 is 19.4 Å². The monoisotopic (exact) mass is 297 g/mol. The van der Waals surface area contributed by atoms with Crippen molar-refractivity contribution in [3.8, 4) is 0 Å². The predicted molar refractivity (Wildman–Crippen MR) is 74.1 cm³/mol. The molecule has 1 N–H and O–H groups in total. The summed E-state index contributed by atoms with van der Waals surface area (Å²) >= 11 is 6.14. The van der Waals surface area contributed by atoms with Crippen LogP contribution < -0.4 is 0 Å². The van der Waals surface area contributed by atoms with Gasteiger partial charge in [0, 0.05) is 20.1 Å². The van der Waals surface area contributed by atoms with Gasteiger partial charge in [-0.25, -0.2) is 4.79 Å². The minimum Gasteiger partial charge on any atom is -0.480 e. The summed E-state index contributed by atoms with van der Waals surface area (Å²) in [7, 11) is 1.51. The molecular formula is C14H16ClNO4. The number of aryl methyl sites for hydroxylation is 1. The fourth-order valence-corrected chi connectivity index (χ4v) is 2.60. The summed E-state index contributed by atoms with van der Waals surface area (Å²) in [5.41, 5.74) is 1.11. The molecule has 1 heterocycles. The minimum absolute atomic E-state index is 0.260. The molecule has 1 aromatic rings. The van der Waals surface area contributed by atoms with E-state index in [2.05, 4.69) is 0 Å². The quantitative estimate of drug-likeness (QED) is 0.926. The largest absolute Gasteiger partial charge is 0.480 e. The maximum Gasteiger partial charge on any atom is 0.326 e. The Morgan fingerprint density at radius 2 is 2.15 bits per heavy atom. The molecule has 1 amide bonds. The number of ether oxygens (including phenoxy) is 1. The number of carboxylic acids is 1. The number of carboxylic acid groups (broad SMARTS) is 1. The molecule has 2 unspecified atom stereocenters. The van der Waals surface area contributed by atoms with E-state index in [0.717, 1.165) is 5.56 Å². The lowest BCUT2D eigenvalue weighted by molar-refractivity contribution is -0.141. The first kappa shape index (κ1) is 14.8. The summed E-state index contributed by atoms with van der Waals surface area (Å²) in [5, 5.41) is 9.60. The lowest BCUT2D eigenvalue weighted by Gasteiger charge is -2.22. The summed E-state index contributed by atoms with van der Waals surface area (Å²) in [6, 6.07) is 4.27. The highest BCUT2D eigenvalue weighted by Crippen LogP contribution is 2.27. The van der Waals surface area contributed by atoms with E-state index in [1.54, 1.807) is 25.1 Å². The highest BCUT2D eigenvalue weighted by atomic mass is 35.5. The number of aliphatic carboxylic acids is 1. The number of rotatable bonds is 3. The Morgan fingerprint density at radius 1 is 1.45 bits per heavy atom. The van der Waals surface area contributed by atoms with Gasteiger partial charge in [-0.2, -0.15) is 0 Å². The van der Waals surface area contributed by atoms with Gasteiger partial charge in [0.25, 0.3) is 5.91 Å². The Morgan fingerprint density at radius 3 is 2.75 bits per heavy atom. The molecule has 1 fully saturated rings. The van der Waals surface area contributed by atoms with Crippen molar-refractivity contribution in [1.82, 2.24) is 4.90 Å². The Bertz CT molecular complexity index is 546. The Labute approximate surface area is 122 Å². The summed E-state index contributed by atoms with van der Waals surface area (Å²) in [6.07, 6.45) is 0.0321. The van der Waals surface area contributed by atoms with E-state index < -0.39 is 12.0 Å². The zero-order valence-electron chi connectivity index (χ0n) is 11.3. The van der Waals surface area contributed by atoms with Crippen LogP contribution in [0.25, 0.3) is 0 Å². The molecule has 1 aliphatic heterocycles. The van der Waals surface area contributed by atoms with Crippen LogP contribution in [0, 0.1) is 6.92 Å². The lowest BCUT2D eigenvalue weighted by Crippen LogP contribution is -2.40. The van der Waals surface area contributed by atoms with Crippen LogP contribution in [-0.4, -0.2) is 47.7 Å². The maximum absolute atomic E-state index is 12.5. The average Bonchev–Trinajstić information content (AvgIpc) is 2.85. The van der Waals surface area contributed by atoms with E-state index in [1.807, 2.05) is 0 Å². The standard InChI is InChI=1S/C14H16ClNO4/c1-8-4-3-5-10(12(8)15)13(17)16-7-9(20-2)6-11(16)14(18)19/h3-5,9,11H,6-7H2,1-2H3,(H,18,19). The molecule has 0 aliphatic carbocycles. The second-order valence-electron chi connectivity index (χ2n) is 4.84. The molecule has 0 radical (unpaired) electrons. The van der Waals surface area contributed by atoms with Crippen molar-refractivity contribution in [2.45, 2.75) is 25.5 Å². The van der Waals surface area contributed by atoms with Crippen LogP contribution >= 0.6 is 11.6 Å². The normalized spacial score (nSPS) is 22.1. The number of halogens is 1. The molecule has 0 spiro atoms. The fraction of sp³-hybridized carbons (Fsp3) is 0.429. The first-order valence-electron chi connectivity index (χ1n) is 6.27. The summed E-state index contributed by atoms with van der Waals surface area (Å²) in [6.45, 7) is 2.06. The van der Waals surface area contributed by atoms with Gasteiger partial charge in [0.05, 0.1) is 16.7 Å². The van der Waals surface area contributed by atoms with E-state index >= 15 is 0 Å². The molecule has 5 nitrogen and oxygen atoms in total. The van der Waals surface area contributed by atoms with E-state index in [0.29, 0.717) is 17.0 Å². The van der Waals surface area contributed by atoms with Gasteiger partial charge in [-0.1, -0.05) is 23.7 Å². The molecule has 0 aromatic heterocycles. The summed E-state index contributed by atoms with van der Waals surface area (Å²) in [4.78, 5) is 25.1. The van der Waals surface area contributed by atoms with Crippen LogP contribution in [0.1, 0.15) is 22.3 Å². The van der Waals surface area contributed by atoms with Gasteiger partial charge < -0.3 is 14.7 Å². The molecule has 20 heavy (non-hydrogen) atoms. The molecule has 108 valence electrons. The molecule has 1 aromatic carbocycles. The third kappa shape index (κ3) is 2.64. The maximum atomic E-state index is 12.5. The third-order valence-electron chi connectivity index (χ3n) is 3.56. The van der Waals surface area contributed by atoms with Gasteiger partial charge in [-0.15, -0.1) is 0 Å². The predicted octanol–water partition coefficient (Wildman–Crippen LogP) is 1.96. The number of likely N-dealkylation sites (tertiary alicyclic amines) is 1. The van der Waals surface area contributed by atoms with Gasteiger partial charge in [0.1, 0.15) is 6.04 Å². The highest BCUT2D eigenvalue weighted by Gasteiger charge is 2.40. The molecule has 0 saturated carbocycles. The highest BCUT2D eigenvalue weighted by molar-refractivity contribution is 6.34.